The first-order chi connectivity index (χ1) is 57.4. The van der Waals surface area contributed by atoms with E-state index in [1.807, 2.05) is 205 Å². The second-order valence-corrected chi connectivity index (χ2v) is 29.9. The van der Waals surface area contributed by atoms with E-state index in [2.05, 4.69) is 126 Å². The summed E-state index contributed by atoms with van der Waals surface area (Å²) in [5, 5.41) is 68.5. The van der Waals surface area contributed by atoms with Gasteiger partial charge in [0.05, 0.1) is 88.7 Å². The molecule has 0 spiro atoms. The zero-order chi connectivity index (χ0) is 87.2. The van der Waals surface area contributed by atoms with Crippen LogP contribution in [0.15, 0.2) is 267 Å². The van der Waals surface area contributed by atoms with Crippen LogP contribution in [0.3, 0.4) is 0 Å². The van der Waals surface area contributed by atoms with E-state index in [1.165, 1.54) is 28.8 Å². The van der Waals surface area contributed by atoms with Crippen molar-refractivity contribution in [3.05, 3.63) is 337 Å². The number of aliphatic hydroxyl groups excluding tert-OH is 8. The fourth-order valence-electron chi connectivity index (χ4n) is 12.1. The Bertz CT molecular complexity index is 5160. The number of aryl methyl sites for hydroxylation is 7. The van der Waals surface area contributed by atoms with Crippen LogP contribution in [0, 0.1) is 78.5 Å². The van der Waals surface area contributed by atoms with Crippen LogP contribution in [-0.2, 0) is 80.4 Å². The van der Waals surface area contributed by atoms with Gasteiger partial charge in [0.25, 0.3) is 0 Å². The molecule has 0 amide bonds. The maximum absolute atomic E-state index is 13.6. The van der Waals surface area contributed by atoms with Crippen molar-refractivity contribution in [1.82, 2.24) is 39.9 Å². The number of halogens is 1. The van der Waals surface area contributed by atoms with Crippen molar-refractivity contribution in [2.75, 3.05) is 0 Å². The Morgan fingerprint density at radius 1 is 0.258 bits per heavy atom. The van der Waals surface area contributed by atoms with Gasteiger partial charge in [0.15, 0.2) is 0 Å². The number of aliphatic hydroxyl groups is 8. The maximum Gasteiger partial charge on any atom is 0.123 e. The summed E-state index contributed by atoms with van der Waals surface area (Å²) in [6.07, 6.45) is 4.24. The maximum atomic E-state index is 13.6. The molecule has 4 heterocycles. The van der Waals surface area contributed by atoms with Gasteiger partial charge in [-0.25, -0.2) is 4.39 Å². The smallest absolute Gasteiger partial charge is 0.123 e. The van der Waals surface area contributed by atoms with Crippen LogP contribution >= 0.6 is 0 Å². The van der Waals surface area contributed by atoms with Gasteiger partial charge in [-0.05, 0) is 139 Å². The van der Waals surface area contributed by atoms with Gasteiger partial charge < -0.3 is 55.8 Å². The van der Waals surface area contributed by atoms with Gasteiger partial charge in [-0.15, -0.1) is 143 Å². The number of hydrogen-bond donors (Lipinski definition) is 8. The van der Waals surface area contributed by atoms with Crippen molar-refractivity contribution in [1.29, 1.82) is 0 Å². The number of aromatic nitrogens is 8. The second-order valence-electron chi connectivity index (χ2n) is 29.9. The zero-order valence-electron chi connectivity index (χ0n) is 72.7. The predicted octanol–water partition coefficient (Wildman–Crippen LogP) is 20.6. The fourth-order valence-corrected chi connectivity index (χ4v) is 12.1. The molecule has 8 atom stereocenters. The Kier molecular flexibility index (Phi) is 50.4. The minimum absolute atomic E-state index is 0. The summed E-state index contributed by atoms with van der Waals surface area (Å²) >= 11 is 0. The molecule has 0 aliphatic rings. The molecule has 0 aliphatic heterocycles. The molecule has 124 heavy (non-hydrogen) atoms. The molecule has 660 valence electrons. The van der Waals surface area contributed by atoms with Crippen LogP contribution in [0.25, 0.3) is 113 Å². The van der Waals surface area contributed by atoms with Gasteiger partial charge in [0.2, 0.25) is 0 Å². The second kappa shape index (κ2) is 57.4. The molecule has 21 heteroatoms. The summed E-state index contributed by atoms with van der Waals surface area (Å²) in [5.74, 6) is -0.290. The first-order valence-corrected chi connectivity index (χ1v) is 40.3. The van der Waals surface area contributed by atoms with E-state index >= 15 is 0 Å². The first-order valence-electron chi connectivity index (χ1n) is 40.3. The molecule has 0 fully saturated rings. The van der Waals surface area contributed by atoms with Crippen LogP contribution < -0.4 is 0 Å². The third-order valence-electron chi connectivity index (χ3n) is 17.8. The number of hydrogen-bond acceptors (Lipinski definition) is 16. The van der Waals surface area contributed by atoms with E-state index in [0.717, 1.165) is 124 Å². The Hall–Kier alpha value is -9.27. The summed E-state index contributed by atoms with van der Waals surface area (Å²) < 4.78 is 13.6. The van der Waals surface area contributed by atoms with Crippen molar-refractivity contribution in [2.45, 2.75) is 178 Å². The monoisotopic (exact) mass is 2380 g/mol. The summed E-state index contributed by atoms with van der Waals surface area (Å²) in [6.45, 7) is 27.5. The molecule has 10 aromatic carbocycles. The third kappa shape index (κ3) is 38.3. The van der Waals surface area contributed by atoms with E-state index in [0.29, 0.717) is 36.9 Å². The molecular formula is C103H113FIr4N8O8-4. The number of rotatable bonds is 18. The molecule has 14 rings (SSSR count). The van der Waals surface area contributed by atoms with Gasteiger partial charge in [0.1, 0.15) is 5.82 Å². The largest absolute Gasteiger partial charge is 0.393 e. The Labute approximate surface area is 786 Å². The summed E-state index contributed by atoms with van der Waals surface area (Å²) in [5.41, 5.74) is 25.7. The minimum Gasteiger partial charge on any atom is -0.393 e. The number of nitrogens with zero attached hydrogens (tertiary/aromatic N) is 8. The molecule has 0 bridgehead atoms. The van der Waals surface area contributed by atoms with Crippen molar-refractivity contribution in [3.63, 3.8) is 0 Å². The van der Waals surface area contributed by atoms with Crippen molar-refractivity contribution >= 4 is 0 Å². The van der Waals surface area contributed by atoms with Gasteiger partial charge in [-0.1, -0.05) is 177 Å². The van der Waals surface area contributed by atoms with E-state index in [9.17, 15) is 4.39 Å². The first kappa shape index (κ1) is 109. The third-order valence-corrected chi connectivity index (χ3v) is 17.8. The van der Waals surface area contributed by atoms with Crippen LogP contribution in [-0.4, -0.2) is 130 Å². The Balaban J connectivity index is 0.000000385. The summed E-state index contributed by atoms with van der Waals surface area (Å²) in [4.78, 5) is 37.9. The van der Waals surface area contributed by atoms with Crippen LogP contribution in [0.5, 0.6) is 0 Å². The van der Waals surface area contributed by atoms with E-state index in [4.69, 9.17) is 65.8 Å². The molecule has 0 saturated carbocycles. The summed E-state index contributed by atoms with van der Waals surface area (Å²) in [7, 11) is 0. The molecule has 14 aromatic rings. The fraction of sp³-hybridized carbons (Fsp3) is 0.262. The van der Waals surface area contributed by atoms with Gasteiger partial charge in [0, 0.05) is 155 Å². The van der Waals surface area contributed by atoms with Crippen LogP contribution in [0.2, 0.25) is 0 Å². The number of benzene rings is 10. The SMILES string of the molecule is CC(O)CC(C)O.CC(O)CC(C)O.CC(O)CC(C)O.CC(O)CC(C)O.Cc1c[c-]c(-c2ncc(-c3cccc(F)c3)nc2-c2ccc(C)cc2)cc1.Cc1c[c-]c(-c2ncc(-c3ccccc3)nc2-c2ccc(C)cc2)cc1.Cc1nc(-c2ccccc2)c(C)nc1-c1[c-]cccc1.Cc1nc(-c2ccccc2)cnc1-c1[c-]cccc1.[Ir].[Ir].[Ir].[Ir]. The normalized spacial score (nSPS) is 12.1. The quantitative estimate of drug-likeness (QED) is 0.0371. The van der Waals surface area contributed by atoms with Gasteiger partial charge >= 0.3 is 0 Å². The molecule has 0 saturated heterocycles. The topological polar surface area (TPSA) is 265 Å². The van der Waals surface area contributed by atoms with E-state index in [1.54, 1.807) is 67.7 Å². The van der Waals surface area contributed by atoms with Crippen molar-refractivity contribution in [3.8, 4) is 113 Å². The molecular weight excluding hydrogens is 2270 g/mol. The van der Waals surface area contributed by atoms with Crippen molar-refractivity contribution in [2.24, 2.45) is 0 Å². The van der Waals surface area contributed by atoms with Crippen molar-refractivity contribution < 1.29 is 126 Å². The molecule has 0 aliphatic carbocycles. The standard InChI is InChI=1S/C24H18FN2.C24H19N2.C18H15N2.C17H13N2.4C5H12O2.4Ir/c1-16-6-10-18(11-7-16)23-24(19-12-8-17(2)9-13-19)27-22(15-26-23)20-4-3-5-21(25)14-20;1-17-8-12-20(13-9-17)23-24(21-14-10-18(2)11-15-21)26-22(16-25-23)19-6-4-3-5-7-19;1-13-17(15-9-5-3-6-10-15)20-14(2)18(19-13)16-11-7-4-8-12-16;1-13-17(15-10-6-3-7-11-15)18-12-16(19-13)14-8-4-2-5-9-14;4*1-4(6)3-5(2)7;;;;/h3-10,12-15H,1-2H3;3-12,14-16H,1-2H3;3-11H,1-2H3;2-10,12H,1H3;4*4-7H,3H2,1-2H3;;;;/q4*-1;;;;;;;;. The Morgan fingerprint density at radius 2 is 0.548 bits per heavy atom. The Morgan fingerprint density at radius 3 is 0.879 bits per heavy atom. The van der Waals surface area contributed by atoms with Gasteiger partial charge in [-0.3, -0.25) is 24.9 Å². The van der Waals surface area contributed by atoms with E-state index < -0.39 is 0 Å². The zero-order valence-corrected chi connectivity index (χ0v) is 82.3. The average molecular weight is 2380 g/mol. The summed E-state index contributed by atoms with van der Waals surface area (Å²) in [6, 6.07) is 94.2. The van der Waals surface area contributed by atoms with E-state index in [-0.39, 0.29) is 135 Å². The molecule has 8 unspecified atom stereocenters. The molecule has 4 radical (unpaired) electrons. The minimum atomic E-state index is -0.375. The molecule has 4 aromatic heterocycles. The molecule has 16 nitrogen and oxygen atoms in total. The van der Waals surface area contributed by atoms with Gasteiger partial charge in [-0.2, -0.15) is 0 Å². The predicted molar refractivity (Wildman–Crippen MR) is 483 cm³/mol. The van der Waals surface area contributed by atoms with Crippen LogP contribution in [0.4, 0.5) is 4.39 Å². The van der Waals surface area contributed by atoms with Crippen LogP contribution in [0.1, 0.15) is 120 Å². The molecule has 8 N–H and O–H groups in total. The average Bonchev–Trinajstić information content (AvgIpc) is 0.803.